The summed E-state index contributed by atoms with van der Waals surface area (Å²) in [5.74, 6) is 0.817. The lowest BCUT2D eigenvalue weighted by Gasteiger charge is -2.07. The summed E-state index contributed by atoms with van der Waals surface area (Å²) in [6.45, 7) is 4.83. The zero-order chi connectivity index (χ0) is 21.5. The largest absolute Gasteiger partial charge is 0.466 e. The van der Waals surface area contributed by atoms with Gasteiger partial charge in [0.15, 0.2) is 20.7 Å². The first-order chi connectivity index (χ1) is 14.5. The Morgan fingerprint density at radius 1 is 1.33 bits per heavy atom. The minimum atomic E-state index is -0.342. The number of hydrogen-bond acceptors (Lipinski definition) is 9. The van der Waals surface area contributed by atoms with Gasteiger partial charge >= 0.3 is 5.97 Å². The molecule has 0 spiro atoms. The Morgan fingerprint density at radius 2 is 2.17 bits per heavy atom. The first kappa shape index (κ1) is 22.5. The summed E-state index contributed by atoms with van der Waals surface area (Å²) in [7, 11) is 0. The highest BCUT2D eigenvalue weighted by molar-refractivity contribution is 9.10. The minimum absolute atomic E-state index is 0.0841. The van der Waals surface area contributed by atoms with Crippen LogP contribution >= 0.6 is 39.0 Å². The molecule has 3 rings (SSSR count). The van der Waals surface area contributed by atoms with Crippen LogP contribution in [0.1, 0.15) is 26.0 Å². The van der Waals surface area contributed by atoms with Crippen LogP contribution in [0.5, 0.6) is 0 Å². The fourth-order valence-corrected chi connectivity index (χ4v) is 4.33. The van der Waals surface area contributed by atoms with Gasteiger partial charge < -0.3 is 14.5 Å². The van der Waals surface area contributed by atoms with Crippen molar-refractivity contribution < 1.29 is 18.7 Å². The van der Waals surface area contributed by atoms with E-state index in [4.69, 9.17) is 9.15 Å². The van der Waals surface area contributed by atoms with Crippen LogP contribution in [0.3, 0.4) is 0 Å². The van der Waals surface area contributed by atoms with Crippen LogP contribution in [-0.2, 0) is 27.3 Å². The van der Waals surface area contributed by atoms with E-state index in [0.717, 1.165) is 6.42 Å². The monoisotopic (exact) mass is 513 g/mol. The highest BCUT2D eigenvalue weighted by Gasteiger charge is 2.18. The smallest absolute Gasteiger partial charge is 0.311 e. The topological polar surface area (TPSA) is 112 Å². The number of furan rings is 1. The summed E-state index contributed by atoms with van der Waals surface area (Å²) >= 11 is 5.84. The van der Waals surface area contributed by atoms with Crippen LogP contribution in [0.2, 0.25) is 0 Å². The number of rotatable bonds is 10. The number of anilines is 1. The molecule has 12 heteroatoms. The molecule has 1 N–H and O–H groups in total. The summed E-state index contributed by atoms with van der Waals surface area (Å²) in [6.07, 6.45) is 0.968. The molecule has 9 nitrogen and oxygen atoms in total. The zero-order valence-corrected chi connectivity index (χ0v) is 19.6. The highest BCUT2D eigenvalue weighted by Crippen LogP contribution is 2.27. The molecule has 30 heavy (non-hydrogen) atoms. The normalized spacial score (nSPS) is 10.9. The summed E-state index contributed by atoms with van der Waals surface area (Å²) < 4.78 is 13.0. The first-order valence-corrected chi connectivity index (χ1v) is 11.9. The van der Waals surface area contributed by atoms with Crippen LogP contribution in [-0.4, -0.2) is 44.0 Å². The second kappa shape index (κ2) is 10.7. The molecule has 0 unspecified atom stereocenters. The number of thiazole rings is 1. The molecule has 0 aliphatic rings. The molecule has 0 aromatic carbocycles. The van der Waals surface area contributed by atoms with Crippen LogP contribution in [0.25, 0.3) is 11.6 Å². The van der Waals surface area contributed by atoms with Crippen molar-refractivity contribution in [1.82, 2.24) is 19.7 Å². The van der Waals surface area contributed by atoms with Crippen LogP contribution in [0.15, 0.2) is 31.8 Å². The number of halogens is 1. The highest BCUT2D eigenvalue weighted by atomic mass is 79.9. The van der Waals surface area contributed by atoms with Gasteiger partial charge in [0, 0.05) is 11.9 Å². The lowest BCUT2D eigenvalue weighted by atomic mass is 10.3. The summed E-state index contributed by atoms with van der Waals surface area (Å²) in [5.41, 5.74) is 0.568. The Hall–Kier alpha value is -2.18. The third-order valence-electron chi connectivity index (χ3n) is 3.72. The van der Waals surface area contributed by atoms with Crippen molar-refractivity contribution >= 4 is 56.0 Å². The Morgan fingerprint density at radius 3 is 2.87 bits per heavy atom. The molecule has 3 aromatic heterocycles. The van der Waals surface area contributed by atoms with Crippen molar-refractivity contribution in [3.63, 3.8) is 0 Å². The lowest BCUT2D eigenvalue weighted by Crippen LogP contribution is -2.15. The number of carbonyl (C=O) groups excluding carboxylic acids is 2. The number of nitrogens with one attached hydrogen (secondary N) is 1. The second-order valence-corrected chi connectivity index (χ2v) is 8.61. The van der Waals surface area contributed by atoms with Gasteiger partial charge in [0.2, 0.25) is 11.7 Å². The minimum Gasteiger partial charge on any atom is -0.466 e. The maximum atomic E-state index is 12.3. The van der Waals surface area contributed by atoms with E-state index in [0.29, 0.717) is 45.4 Å². The van der Waals surface area contributed by atoms with E-state index < -0.39 is 0 Å². The third kappa shape index (κ3) is 5.92. The molecule has 0 saturated heterocycles. The molecule has 3 aromatic rings. The molecule has 0 aliphatic heterocycles. The van der Waals surface area contributed by atoms with Gasteiger partial charge in [0.05, 0.1) is 24.5 Å². The summed E-state index contributed by atoms with van der Waals surface area (Å²) in [5, 5.41) is 14.0. The van der Waals surface area contributed by atoms with Gasteiger partial charge in [-0.25, -0.2) is 4.98 Å². The van der Waals surface area contributed by atoms with Crippen molar-refractivity contribution in [1.29, 1.82) is 0 Å². The van der Waals surface area contributed by atoms with Gasteiger partial charge in [0.1, 0.15) is 0 Å². The van der Waals surface area contributed by atoms with Crippen molar-refractivity contribution in [3.05, 3.63) is 27.9 Å². The second-order valence-electron chi connectivity index (χ2n) is 6.02. The van der Waals surface area contributed by atoms with Crippen molar-refractivity contribution in [3.8, 4) is 11.6 Å². The van der Waals surface area contributed by atoms with Crippen molar-refractivity contribution in [2.24, 2.45) is 0 Å². The SMILES string of the molecule is CCCn1c(SCC(=O)Nc2nc(CC(=O)OCC)cs2)nnc1-c1ccc(Br)o1. The number of hydrogen-bond donors (Lipinski definition) is 1. The zero-order valence-electron chi connectivity index (χ0n) is 16.4. The van der Waals surface area contributed by atoms with E-state index in [1.807, 2.05) is 10.6 Å². The number of amides is 1. The maximum Gasteiger partial charge on any atom is 0.311 e. The van der Waals surface area contributed by atoms with Gasteiger partial charge in [-0.1, -0.05) is 18.7 Å². The van der Waals surface area contributed by atoms with Crippen LogP contribution in [0, 0.1) is 0 Å². The quantitative estimate of drug-likeness (QED) is 0.319. The van der Waals surface area contributed by atoms with Gasteiger partial charge in [-0.15, -0.1) is 21.5 Å². The fraction of sp³-hybridized carbons (Fsp3) is 0.389. The van der Waals surface area contributed by atoms with E-state index in [9.17, 15) is 9.59 Å². The lowest BCUT2D eigenvalue weighted by molar-refractivity contribution is -0.142. The average Bonchev–Trinajstić information content (AvgIpc) is 3.41. The maximum absolute atomic E-state index is 12.3. The van der Waals surface area contributed by atoms with Crippen LogP contribution in [0.4, 0.5) is 5.13 Å². The van der Waals surface area contributed by atoms with Gasteiger partial charge in [0.25, 0.3) is 0 Å². The number of nitrogens with zero attached hydrogens (tertiary/aromatic N) is 4. The van der Waals surface area contributed by atoms with Gasteiger partial charge in [-0.05, 0) is 41.4 Å². The standard InChI is InChI=1S/C18H20BrN5O4S2/c1-3-7-24-16(12-5-6-13(19)28-12)22-23-18(24)30-10-14(25)21-17-20-11(9-29-17)8-15(26)27-4-2/h5-6,9H,3-4,7-8,10H2,1-2H3,(H,20,21,25). The van der Waals surface area contributed by atoms with Crippen LogP contribution < -0.4 is 5.32 Å². The van der Waals surface area contributed by atoms with E-state index in [1.54, 1.807) is 18.4 Å². The molecule has 0 fully saturated rings. The number of ether oxygens (including phenoxy) is 1. The molecular formula is C18H20BrN5O4S2. The number of carbonyl (C=O) groups is 2. The number of esters is 1. The Labute approximate surface area is 189 Å². The average molecular weight is 514 g/mol. The van der Waals surface area contributed by atoms with Gasteiger partial charge in [-0.2, -0.15) is 0 Å². The molecular weight excluding hydrogens is 494 g/mol. The van der Waals surface area contributed by atoms with E-state index in [2.05, 4.69) is 43.4 Å². The van der Waals surface area contributed by atoms with Crippen molar-refractivity contribution in [2.75, 3.05) is 17.7 Å². The molecule has 0 radical (unpaired) electrons. The fourth-order valence-electron chi connectivity index (χ4n) is 2.53. The molecule has 1 amide bonds. The van der Waals surface area contributed by atoms with Crippen molar-refractivity contribution in [2.45, 2.75) is 38.4 Å². The van der Waals surface area contributed by atoms with Gasteiger partial charge in [-0.3, -0.25) is 14.2 Å². The number of thioether (sulfide) groups is 1. The van der Waals surface area contributed by atoms with E-state index in [1.165, 1.54) is 23.1 Å². The van der Waals surface area contributed by atoms with E-state index >= 15 is 0 Å². The first-order valence-electron chi connectivity index (χ1n) is 9.21. The molecule has 0 bridgehead atoms. The Kier molecular flexibility index (Phi) is 8.05. The molecule has 0 atom stereocenters. The Bertz CT molecular complexity index is 1020. The molecule has 0 aliphatic carbocycles. The third-order valence-corrected chi connectivity index (χ3v) is 5.92. The predicted molar refractivity (Wildman–Crippen MR) is 118 cm³/mol. The molecule has 160 valence electrons. The molecule has 0 saturated carbocycles. The molecule has 3 heterocycles. The van der Waals surface area contributed by atoms with E-state index in [-0.39, 0.29) is 24.1 Å². The number of aromatic nitrogens is 4. The summed E-state index contributed by atoms with van der Waals surface area (Å²) in [4.78, 5) is 28.1. The Balaban J connectivity index is 1.59. The predicted octanol–water partition coefficient (Wildman–Crippen LogP) is 4.00. The summed E-state index contributed by atoms with van der Waals surface area (Å²) in [6, 6.07) is 3.61.